The summed E-state index contributed by atoms with van der Waals surface area (Å²) < 4.78 is 4.83. The fourth-order valence-electron chi connectivity index (χ4n) is 0.427. The van der Waals surface area contributed by atoms with E-state index in [1.165, 1.54) is 0 Å². The first kappa shape index (κ1) is 22.9. The van der Waals surface area contributed by atoms with Crippen LogP contribution in [0.1, 0.15) is 13.8 Å². The summed E-state index contributed by atoms with van der Waals surface area (Å²) in [5.41, 5.74) is 0. The number of ether oxygens (including phenoxy) is 1. The van der Waals surface area contributed by atoms with Crippen LogP contribution in [0.15, 0.2) is 0 Å². The van der Waals surface area contributed by atoms with Crippen molar-refractivity contribution >= 4 is 12.8 Å². The molecule has 0 heterocycles. The number of nitrogens with zero attached hydrogens (tertiary/aromatic N) is 2. The summed E-state index contributed by atoms with van der Waals surface area (Å²) in [5.74, 6) is 0. The molecule has 0 radical (unpaired) electrons. The first-order valence-electron chi connectivity index (χ1n) is 5.51. The monoisotopic (exact) mass is 284 g/mol. The van der Waals surface area contributed by atoms with E-state index >= 15 is 0 Å². The van der Waals surface area contributed by atoms with Crippen LogP contribution in [-0.4, -0.2) is 83.2 Å². The van der Waals surface area contributed by atoms with E-state index in [-0.39, 0.29) is 0 Å². The second-order valence-corrected chi connectivity index (χ2v) is 2.74. The second-order valence-electron chi connectivity index (χ2n) is 2.74. The van der Waals surface area contributed by atoms with Gasteiger partial charge in [-0.15, -0.1) is 0 Å². The Morgan fingerprint density at radius 2 is 1.05 bits per heavy atom. The van der Waals surface area contributed by atoms with Crippen molar-refractivity contribution in [2.45, 2.75) is 13.8 Å². The van der Waals surface area contributed by atoms with Gasteiger partial charge in [-0.1, -0.05) is 0 Å². The molecule has 0 atom stereocenters. The van der Waals surface area contributed by atoms with Crippen molar-refractivity contribution in [3.05, 3.63) is 0 Å². The van der Waals surface area contributed by atoms with E-state index in [9.17, 15) is 9.59 Å². The van der Waals surface area contributed by atoms with Crippen LogP contribution in [0.5, 0.6) is 0 Å². The maximum Gasteiger partial charge on any atom is 0.213 e. The molecule has 0 aromatic heterocycles. The number of aliphatic hydroxyl groups excluding tert-OH is 4. The topological polar surface area (TPSA) is 131 Å². The van der Waals surface area contributed by atoms with E-state index in [0.717, 1.165) is 23.0 Å². The molecule has 0 spiro atoms. The molecule has 0 saturated heterocycles. The van der Waals surface area contributed by atoms with E-state index in [1.54, 1.807) is 0 Å². The Morgan fingerprint density at radius 1 is 0.789 bits per heavy atom. The summed E-state index contributed by atoms with van der Waals surface area (Å²) >= 11 is 0. The van der Waals surface area contributed by atoms with Crippen LogP contribution < -0.4 is 0 Å². The highest BCUT2D eigenvalue weighted by Crippen LogP contribution is 1.71. The zero-order valence-corrected chi connectivity index (χ0v) is 11.3. The van der Waals surface area contributed by atoms with Crippen molar-refractivity contribution in [3.8, 4) is 0 Å². The van der Waals surface area contributed by atoms with Gasteiger partial charge in [-0.2, -0.15) is 0 Å². The number of aliphatic hydroxyl groups is 4. The highest BCUT2D eigenvalue weighted by Gasteiger charge is 1.90. The maximum absolute atomic E-state index is 9.57. The molecular formula is C10H24N2O7. The van der Waals surface area contributed by atoms with E-state index in [0.29, 0.717) is 12.8 Å². The van der Waals surface area contributed by atoms with Gasteiger partial charge in [0.05, 0.1) is 0 Å². The number of amides is 2. The van der Waals surface area contributed by atoms with Gasteiger partial charge in [0.15, 0.2) is 0 Å². The first-order valence-corrected chi connectivity index (χ1v) is 5.51. The predicted molar refractivity (Wildman–Crippen MR) is 66.3 cm³/mol. The molecule has 0 aliphatic rings. The molecule has 0 aliphatic heterocycles. The van der Waals surface area contributed by atoms with Crippen molar-refractivity contribution < 1.29 is 34.8 Å². The van der Waals surface area contributed by atoms with Gasteiger partial charge < -0.3 is 25.2 Å². The van der Waals surface area contributed by atoms with Gasteiger partial charge in [-0.05, 0) is 13.8 Å². The first-order chi connectivity index (χ1) is 9.11. The quantitative estimate of drug-likeness (QED) is 0.292. The standard InChI is InChI=1S/C4H10O.2C3H7NO3/c1-3-5-4-2;2*5-1-4(2-6)3-7/h3-4H2,1-2H3;2*1,6-7H,2-3H2. The normalized spacial score (nSPS) is 8.32. The summed E-state index contributed by atoms with van der Waals surface area (Å²) in [4.78, 5) is 20.8. The number of carbonyl (C=O) groups excluding carboxylic acids is 2. The fourth-order valence-corrected chi connectivity index (χ4v) is 0.427. The third-order valence-electron chi connectivity index (χ3n) is 1.43. The molecule has 0 unspecified atom stereocenters. The van der Waals surface area contributed by atoms with Gasteiger partial charge in [-0.3, -0.25) is 19.4 Å². The van der Waals surface area contributed by atoms with Crippen molar-refractivity contribution in [2.24, 2.45) is 0 Å². The lowest BCUT2D eigenvalue weighted by Gasteiger charge is -2.06. The molecule has 0 aromatic rings. The van der Waals surface area contributed by atoms with Crippen LogP contribution in [0.25, 0.3) is 0 Å². The molecule has 0 aromatic carbocycles. The number of carbonyl (C=O) groups is 2. The van der Waals surface area contributed by atoms with Gasteiger partial charge in [0.25, 0.3) is 0 Å². The molecule has 9 nitrogen and oxygen atoms in total. The predicted octanol–water partition coefficient (Wildman–Crippen LogP) is -2.27. The number of hydrogen-bond donors (Lipinski definition) is 4. The lowest BCUT2D eigenvalue weighted by atomic mass is 10.8. The van der Waals surface area contributed by atoms with E-state index in [2.05, 4.69) is 0 Å². The number of rotatable bonds is 8. The SMILES string of the molecule is CCOCC.O=CN(CO)CO.O=CN(CO)CO. The Hall–Kier alpha value is -1.26. The average Bonchev–Trinajstić information content (AvgIpc) is 2.45. The molecule has 0 bridgehead atoms. The minimum absolute atomic E-state index is 0.361. The highest BCUT2D eigenvalue weighted by molar-refractivity contribution is 5.46. The Kier molecular flexibility index (Phi) is 26.5. The summed E-state index contributed by atoms with van der Waals surface area (Å²) in [5, 5.41) is 32.2. The lowest BCUT2D eigenvalue weighted by Crippen LogP contribution is -2.23. The molecule has 0 rings (SSSR count). The van der Waals surface area contributed by atoms with Crippen molar-refractivity contribution in [1.82, 2.24) is 9.80 Å². The highest BCUT2D eigenvalue weighted by atomic mass is 16.5. The van der Waals surface area contributed by atoms with Gasteiger partial charge in [0, 0.05) is 13.2 Å². The van der Waals surface area contributed by atoms with Crippen LogP contribution in [0.3, 0.4) is 0 Å². The van der Waals surface area contributed by atoms with Gasteiger partial charge >= 0.3 is 0 Å². The van der Waals surface area contributed by atoms with E-state index < -0.39 is 26.9 Å². The van der Waals surface area contributed by atoms with Gasteiger partial charge in [0.2, 0.25) is 12.8 Å². The summed E-state index contributed by atoms with van der Waals surface area (Å²) in [6.07, 6.45) is 0.722. The number of hydrogen-bond acceptors (Lipinski definition) is 7. The smallest absolute Gasteiger partial charge is 0.213 e. The fraction of sp³-hybridized carbons (Fsp3) is 0.800. The molecule has 9 heteroatoms. The van der Waals surface area contributed by atoms with Crippen LogP contribution in [-0.2, 0) is 14.3 Å². The zero-order chi connectivity index (χ0) is 15.5. The van der Waals surface area contributed by atoms with Crippen LogP contribution in [0.4, 0.5) is 0 Å². The minimum Gasteiger partial charge on any atom is -0.382 e. The van der Waals surface area contributed by atoms with E-state index in [4.69, 9.17) is 25.2 Å². The third-order valence-corrected chi connectivity index (χ3v) is 1.43. The molecule has 0 aliphatic carbocycles. The molecule has 0 saturated carbocycles. The maximum atomic E-state index is 9.57. The Bertz CT molecular complexity index is 157. The van der Waals surface area contributed by atoms with Crippen LogP contribution >= 0.6 is 0 Å². The molecule has 0 fully saturated rings. The molecule has 19 heavy (non-hydrogen) atoms. The second kappa shape index (κ2) is 22.0. The van der Waals surface area contributed by atoms with E-state index in [1.807, 2.05) is 13.8 Å². The van der Waals surface area contributed by atoms with Crippen molar-refractivity contribution in [3.63, 3.8) is 0 Å². The summed E-state index contributed by atoms with van der Waals surface area (Å²) in [6, 6.07) is 0. The molecule has 116 valence electrons. The summed E-state index contributed by atoms with van der Waals surface area (Å²) in [7, 11) is 0. The van der Waals surface area contributed by atoms with Crippen LogP contribution in [0, 0.1) is 0 Å². The average molecular weight is 284 g/mol. The third kappa shape index (κ3) is 22.4. The van der Waals surface area contributed by atoms with Gasteiger partial charge in [-0.25, -0.2) is 0 Å². The van der Waals surface area contributed by atoms with Crippen LogP contribution in [0.2, 0.25) is 0 Å². The Morgan fingerprint density at radius 3 is 1.05 bits per heavy atom. The largest absolute Gasteiger partial charge is 0.382 e. The molecule has 4 N–H and O–H groups in total. The van der Waals surface area contributed by atoms with Crippen molar-refractivity contribution in [1.29, 1.82) is 0 Å². The zero-order valence-electron chi connectivity index (χ0n) is 11.3. The molecular weight excluding hydrogens is 260 g/mol. The Labute approximate surface area is 112 Å². The molecule has 2 amide bonds. The Balaban J connectivity index is -0.000000206. The van der Waals surface area contributed by atoms with Crippen molar-refractivity contribution in [2.75, 3.05) is 40.1 Å². The van der Waals surface area contributed by atoms with Gasteiger partial charge in [0.1, 0.15) is 26.9 Å². The lowest BCUT2D eigenvalue weighted by molar-refractivity contribution is -0.126. The summed E-state index contributed by atoms with van der Waals surface area (Å²) in [6.45, 7) is 3.94. The minimum atomic E-state index is -0.431.